The van der Waals surface area contributed by atoms with E-state index in [2.05, 4.69) is 15.3 Å². The van der Waals surface area contributed by atoms with E-state index in [-0.39, 0.29) is 27.4 Å². The van der Waals surface area contributed by atoms with E-state index in [9.17, 15) is 19.6 Å². The second-order valence-electron chi connectivity index (χ2n) is 5.51. The van der Waals surface area contributed by atoms with Gasteiger partial charge in [-0.15, -0.1) is 23.1 Å². The summed E-state index contributed by atoms with van der Waals surface area (Å²) in [4.78, 5) is 40.2. The molecule has 0 unspecified atom stereocenters. The molecule has 3 rings (SSSR count). The van der Waals surface area contributed by atoms with Gasteiger partial charge in [0.15, 0.2) is 0 Å². The Labute approximate surface area is 161 Å². The van der Waals surface area contributed by atoms with Crippen molar-refractivity contribution >= 4 is 44.9 Å². The number of thiophene rings is 1. The van der Waals surface area contributed by atoms with Gasteiger partial charge in [-0.3, -0.25) is 14.6 Å². The number of amides is 1. The number of ether oxygens (including phenoxy) is 1. The van der Waals surface area contributed by atoms with E-state index >= 15 is 0 Å². The highest BCUT2D eigenvalue weighted by molar-refractivity contribution is 8.02. The second kappa shape index (κ2) is 7.69. The molecule has 0 aliphatic carbocycles. The fraction of sp³-hybridized carbons (Fsp3) is 0.176. The van der Waals surface area contributed by atoms with E-state index in [1.165, 1.54) is 0 Å². The van der Waals surface area contributed by atoms with Crippen LogP contribution in [0.1, 0.15) is 11.1 Å². The van der Waals surface area contributed by atoms with Gasteiger partial charge >= 0.3 is 5.69 Å². The normalized spacial score (nSPS) is 10.6. The zero-order chi connectivity index (χ0) is 19.6. The molecule has 0 saturated carbocycles. The van der Waals surface area contributed by atoms with Gasteiger partial charge in [0.25, 0.3) is 5.56 Å². The molecule has 27 heavy (non-hydrogen) atoms. The van der Waals surface area contributed by atoms with Crippen molar-refractivity contribution in [3.8, 4) is 11.8 Å². The van der Waals surface area contributed by atoms with Crippen LogP contribution >= 0.6 is 23.1 Å². The molecule has 2 aromatic heterocycles. The number of nitrogens with zero attached hydrogens (tertiary/aromatic N) is 1. The lowest BCUT2D eigenvalue weighted by Gasteiger charge is -2.09. The smallest absolute Gasteiger partial charge is 0.326 e. The Morgan fingerprint density at radius 1 is 1.37 bits per heavy atom. The molecule has 0 spiro atoms. The Hall–Kier alpha value is -3.03. The molecule has 0 aliphatic rings. The number of rotatable bonds is 5. The number of carbonyl (C=O) groups excluding carboxylic acids is 1. The van der Waals surface area contributed by atoms with Crippen molar-refractivity contribution in [2.75, 3.05) is 18.2 Å². The van der Waals surface area contributed by atoms with Gasteiger partial charge < -0.3 is 15.0 Å². The molecular weight excluding hydrogens is 388 g/mol. The Morgan fingerprint density at radius 3 is 2.81 bits per heavy atom. The molecule has 0 fully saturated rings. The third-order valence-corrected chi connectivity index (χ3v) is 6.16. The van der Waals surface area contributed by atoms with Gasteiger partial charge in [-0.1, -0.05) is 0 Å². The fourth-order valence-electron chi connectivity index (χ4n) is 2.42. The Kier molecular flexibility index (Phi) is 5.34. The molecule has 2 heterocycles. The summed E-state index contributed by atoms with van der Waals surface area (Å²) >= 11 is 2.21. The van der Waals surface area contributed by atoms with E-state index in [4.69, 9.17) is 4.74 Å². The van der Waals surface area contributed by atoms with E-state index in [0.717, 1.165) is 28.7 Å². The third kappa shape index (κ3) is 3.89. The lowest BCUT2D eigenvalue weighted by molar-refractivity contribution is -0.113. The van der Waals surface area contributed by atoms with Crippen molar-refractivity contribution in [1.29, 1.82) is 5.26 Å². The minimum absolute atomic E-state index is 0.0507. The van der Waals surface area contributed by atoms with Crippen molar-refractivity contribution in [2.24, 2.45) is 0 Å². The summed E-state index contributed by atoms with van der Waals surface area (Å²) in [5.41, 5.74) is 0.684. The average molecular weight is 402 g/mol. The number of hydrogen-bond acceptors (Lipinski definition) is 7. The average Bonchev–Trinajstić information content (AvgIpc) is 2.99. The number of aryl methyl sites for hydroxylation is 1. The number of methoxy groups -OCH3 is 1. The van der Waals surface area contributed by atoms with Crippen LogP contribution in [0.4, 0.5) is 5.69 Å². The fourth-order valence-corrected chi connectivity index (χ4v) is 4.54. The first-order chi connectivity index (χ1) is 12.9. The first kappa shape index (κ1) is 18.8. The van der Waals surface area contributed by atoms with Crippen LogP contribution in [-0.4, -0.2) is 28.7 Å². The molecule has 138 valence electrons. The number of benzene rings is 1. The first-order valence-electron chi connectivity index (χ1n) is 7.69. The van der Waals surface area contributed by atoms with Crippen LogP contribution in [0.25, 0.3) is 10.2 Å². The number of nitriles is 1. The van der Waals surface area contributed by atoms with Gasteiger partial charge in [0.2, 0.25) is 5.91 Å². The van der Waals surface area contributed by atoms with Crippen molar-refractivity contribution < 1.29 is 9.53 Å². The van der Waals surface area contributed by atoms with Crippen molar-refractivity contribution in [1.82, 2.24) is 9.97 Å². The van der Waals surface area contributed by atoms with Crippen LogP contribution < -0.4 is 21.3 Å². The van der Waals surface area contributed by atoms with Crippen LogP contribution in [0.5, 0.6) is 5.75 Å². The third-order valence-electron chi connectivity index (χ3n) is 3.70. The topological polar surface area (TPSA) is 128 Å². The zero-order valence-electron chi connectivity index (χ0n) is 14.3. The maximum absolute atomic E-state index is 12.3. The lowest BCUT2D eigenvalue weighted by Crippen LogP contribution is -2.20. The SMILES string of the molecule is COc1ccc(NC(=O)CSc2sc3c(=O)[nH]c(=O)[nH]c3c2C#N)c(C)c1. The maximum atomic E-state index is 12.3. The number of thioether (sulfide) groups is 1. The van der Waals surface area contributed by atoms with E-state index in [1.54, 1.807) is 19.2 Å². The molecule has 0 atom stereocenters. The minimum Gasteiger partial charge on any atom is -0.497 e. The summed E-state index contributed by atoms with van der Waals surface area (Å²) in [6.45, 7) is 1.85. The molecule has 10 heteroatoms. The van der Waals surface area contributed by atoms with E-state index in [1.807, 2.05) is 19.1 Å². The van der Waals surface area contributed by atoms with Crippen LogP contribution in [0.15, 0.2) is 32.0 Å². The highest BCUT2D eigenvalue weighted by Crippen LogP contribution is 2.34. The van der Waals surface area contributed by atoms with Crippen LogP contribution in [0, 0.1) is 18.3 Å². The predicted octanol–water partition coefficient (Wildman–Crippen LogP) is 2.20. The summed E-state index contributed by atoms with van der Waals surface area (Å²) < 4.78 is 5.88. The zero-order valence-corrected chi connectivity index (χ0v) is 16.0. The number of aromatic amines is 2. The monoisotopic (exact) mass is 402 g/mol. The Morgan fingerprint density at radius 2 is 2.15 bits per heavy atom. The highest BCUT2D eigenvalue weighted by atomic mass is 32.2. The number of anilines is 1. The van der Waals surface area contributed by atoms with E-state index in [0.29, 0.717) is 15.6 Å². The molecule has 0 saturated heterocycles. The summed E-state index contributed by atoms with van der Waals surface area (Å²) in [7, 11) is 1.57. The standard InChI is InChI=1S/C17H14N4O4S2/c1-8-5-9(25-2)3-4-11(8)19-12(22)7-26-16-10(6-18)13-14(27-16)15(23)21-17(24)20-13/h3-5H,7H2,1-2H3,(H,19,22)(H2,20,21,23,24). The van der Waals surface area contributed by atoms with E-state index < -0.39 is 11.2 Å². The number of aromatic nitrogens is 2. The quantitative estimate of drug-likeness (QED) is 0.561. The van der Waals surface area contributed by atoms with Crippen LogP contribution in [0.3, 0.4) is 0 Å². The number of hydrogen-bond donors (Lipinski definition) is 3. The largest absolute Gasteiger partial charge is 0.497 e. The summed E-state index contributed by atoms with van der Waals surface area (Å²) in [5.74, 6) is 0.495. The van der Waals surface area contributed by atoms with Gasteiger partial charge in [-0.05, 0) is 30.7 Å². The molecule has 8 nitrogen and oxygen atoms in total. The lowest BCUT2D eigenvalue weighted by atomic mass is 10.2. The molecule has 1 aromatic carbocycles. The van der Waals surface area contributed by atoms with Gasteiger partial charge in [0.05, 0.1) is 22.6 Å². The molecule has 3 N–H and O–H groups in total. The summed E-state index contributed by atoms with van der Waals surface area (Å²) in [6.07, 6.45) is 0. The number of carbonyl (C=O) groups is 1. The van der Waals surface area contributed by atoms with Gasteiger partial charge in [-0.25, -0.2) is 4.79 Å². The minimum atomic E-state index is -0.675. The van der Waals surface area contributed by atoms with Crippen LogP contribution in [-0.2, 0) is 4.79 Å². The summed E-state index contributed by atoms with van der Waals surface area (Å²) in [6, 6.07) is 7.30. The van der Waals surface area contributed by atoms with Crippen molar-refractivity contribution in [3.63, 3.8) is 0 Å². The van der Waals surface area contributed by atoms with Crippen LogP contribution in [0.2, 0.25) is 0 Å². The summed E-state index contributed by atoms with van der Waals surface area (Å²) in [5, 5.41) is 12.2. The van der Waals surface area contributed by atoms with Gasteiger partial charge in [0.1, 0.15) is 22.1 Å². The molecule has 1 amide bonds. The second-order valence-corrected chi connectivity index (χ2v) is 7.77. The highest BCUT2D eigenvalue weighted by Gasteiger charge is 2.17. The Bertz CT molecular complexity index is 1190. The molecule has 0 radical (unpaired) electrons. The number of H-pyrrole nitrogens is 2. The first-order valence-corrected chi connectivity index (χ1v) is 9.49. The van der Waals surface area contributed by atoms with Crippen molar-refractivity contribution in [2.45, 2.75) is 11.1 Å². The predicted molar refractivity (Wildman–Crippen MR) is 105 cm³/mol. The molecule has 0 bridgehead atoms. The van der Waals surface area contributed by atoms with Gasteiger partial charge in [-0.2, -0.15) is 5.26 Å². The number of nitrogens with one attached hydrogen (secondary N) is 3. The Balaban J connectivity index is 1.78. The molecular formula is C17H14N4O4S2. The number of fused-ring (bicyclic) bond motifs is 1. The van der Waals surface area contributed by atoms with Gasteiger partial charge in [0, 0.05) is 5.69 Å². The molecule has 0 aliphatic heterocycles. The molecule has 3 aromatic rings. The van der Waals surface area contributed by atoms with Crippen molar-refractivity contribution in [3.05, 3.63) is 50.2 Å². The maximum Gasteiger partial charge on any atom is 0.326 e.